The van der Waals surface area contributed by atoms with E-state index in [2.05, 4.69) is 26.5 Å². The number of hydrogen-bond donors (Lipinski definition) is 3. The first kappa shape index (κ1) is 24.7. The van der Waals surface area contributed by atoms with Gasteiger partial charge in [0.15, 0.2) is 0 Å². The number of aliphatic hydroxyl groups is 3. The van der Waals surface area contributed by atoms with Gasteiger partial charge in [0.2, 0.25) is 0 Å². The van der Waals surface area contributed by atoms with Crippen molar-refractivity contribution in [3.8, 4) is 0 Å². The van der Waals surface area contributed by atoms with E-state index < -0.39 is 24.0 Å². The Morgan fingerprint density at radius 2 is 1.97 bits per heavy atom. The van der Waals surface area contributed by atoms with Crippen molar-refractivity contribution in [3.63, 3.8) is 0 Å². The summed E-state index contributed by atoms with van der Waals surface area (Å²) in [5.41, 5.74) is 2.06. The van der Waals surface area contributed by atoms with Crippen molar-refractivity contribution in [3.05, 3.63) is 35.5 Å². The molecular formula is C27H43FO3. The Hall–Kier alpha value is -0.970. The summed E-state index contributed by atoms with van der Waals surface area (Å²) in [6, 6.07) is 0. The Labute approximate surface area is 188 Å². The van der Waals surface area contributed by atoms with Gasteiger partial charge in [-0.05, 0) is 99.5 Å². The Morgan fingerprint density at radius 3 is 2.65 bits per heavy atom. The summed E-state index contributed by atoms with van der Waals surface area (Å²) in [5.74, 6) is 1.67. The second-order valence-electron chi connectivity index (χ2n) is 11.3. The van der Waals surface area contributed by atoms with Gasteiger partial charge in [-0.1, -0.05) is 38.2 Å². The second kappa shape index (κ2) is 9.49. The molecule has 1 unspecified atom stereocenters. The van der Waals surface area contributed by atoms with Gasteiger partial charge in [-0.3, -0.25) is 0 Å². The predicted molar refractivity (Wildman–Crippen MR) is 124 cm³/mol. The van der Waals surface area contributed by atoms with Crippen LogP contribution in [0.4, 0.5) is 4.39 Å². The molecule has 0 amide bonds. The third-order valence-corrected chi connectivity index (χ3v) is 8.66. The van der Waals surface area contributed by atoms with E-state index in [9.17, 15) is 19.7 Å². The van der Waals surface area contributed by atoms with Gasteiger partial charge in [0.25, 0.3) is 0 Å². The molecule has 0 spiro atoms. The summed E-state index contributed by atoms with van der Waals surface area (Å²) in [4.78, 5) is 0. The zero-order valence-electron chi connectivity index (χ0n) is 19.9. The molecule has 176 valence electrons. The number of allylic oxidation sites excluding steroid dienone is 4. The average molecular weight is 435 g/mol. The largest absolute Gasteiger partial charge is 0.393 e. The highest BCUT2D eigenvalue weighted by molar-refractivity contribution is 5.38. The average Bonchev–Trinajstić information content (AvgIpc) is 3.04. The molecule has 3 saturated carbocycles. The van der Waals surface area contributed by atoms with Crippen LogP contribution in [-0.4, -0.2) is 39.3 Å². The van der Waals surface area contributed by atoms with Gasteiger partial charge < -0.3 is 15.3 Å². The van der Waals surface area contributed by atoms with E-state index in [1.54, 1.807) is 13.8 Å². The Kier molecular flexibility index (Phi) is 7.55. The normalized spacial score (nSPS) is 39.0. The van der Waals surface area contributed by atoms with Gasteiger partial charge in [-0.25, -0.2) is 4.39 Å². The van der Waals surface area contributed by atoms with Crippen LogP contribution in [0.2, 0.25) is 0 Å². The minimum absolute atomic E-state index is 0.162. The van der Waals surface area contributed by atoms with Crippen LogP contribution < -0.4 is 0 Å². The minimum atomic E-state index is -1.14. The Balaban J connectivity index is 1.71. The molecule has 0 radical (unpaired) electrons. The molecule has 3 rings (SSSR count). The van der Waals surface area contributed by atoms with Crippen LogP contribution in [0.3, 0.4) is 0 Å². The molecule has 0 heterocycles. The summed E-state index contributed by atoms with van der Waals surface area (Å²) < 4.78 is 14.1. The highest BCUT2D eigenvalue weighted by Crippen LogP contribution is 2.60. The number of aliphatic hydroxyl groups excluding tert-OH is 2. The number of alkyl halides is 1. The fourth-order valence-corrected chi connectivity index (χ4v) is 6.62. The summed E-state index contributed by atoms with van der Waals surface area (Å²) in [6.07, 6.45) is 9.89. The van der Waals surface area contributed by atoms with Crippen molar-refractivity contribution >= 4 is 0 Å². The smallest absolute Gasteiger partial charge is 0.127 e. The molecule has 7 atom stereocenters. The van der Waals surface area contributed by atoms with E-state index in [1.165, 1.54) is 31.3 Å². The molecule has 0 aromatic carbocycles. The van der Waals surface area contributed by atoms with Crippen molar-refractivity contribution in [2.45, 2.75) is 109 Å². The maximum atomic E-state index is 14.1. The van der Waals surface area contributed by atoms with E-state index in [1.807, 2.05) is 6.08 Å². The summed E-state index contributed by atoms with van der Waals surface area (Å²) in [5, 5.41) is 30.3. The molecule has 3 aliphatic rings. The quantitative estimate of drug-likeness (QED) is 0.506. The summed E-state index contributed by atoms with van der Waals surface area (Å²) >= 11 is 0. The molecule has 3 nitrogen and oxygen atoms in total. The third kappa shape index (κ3) is 5.34. The third-order valence-electron chi connectivity index (χ3n) is 8.66. The molecule has 3 aliphatic carbocycles. The SMILES string of the molecule is C=C1C(=CC=C2CCC[C@@]3(C)C2CC[C@@H]3[C@H](C)CC[C@@H](O)C(C)(C)O)C[C@@H](O)C[C@@H]1F. The number of halogens is 1. The van der Waals surface area contributed by atoms with Gasteiger partial charge in [-0.2, -0.15) is 0 Å². The topological polar surface area (TPSA) is 60.7 Å². The molecule has 0 saturated heterocycles. The van der Waals surface area contributed by atoms with Gasteiger partial charge in [0.1, 0.15) is 6.17 Å². The van der Waals surface area contributed by atoms with Crippen molar-refractivity contribution in [2.24, 2.45) is 23.2 Å². The lowest BCUT2D eigenvalue weighted by atomic mass is 9.60. The zero-order valence-corrected chi connectivity index (χ0v) is 19.9. The maximum absolute atomic E-state index is 14.1. The lowest BCUT2D eigenvalue weighted by Gasteiger charge is -2.44. The van der Waals surface area contributed by atoms with Crippen molar-refractivity contribution in [2.75, 3.05) is 0 Å². The maximum Gasteiger partial charge on any atom is 0.127 e. The first-order valence-electron chi connectivity index (χ1n) is 12.2. The van der Waals surface area contributed by atoms with E-state index in [0.29, 0.717) is 36.2 Å². The molecule has 0 aromatic rings. The van der Waals surface area contributed by atoms with Gasteiger partial charge in [0.05, 0.1) is 17.8 Å². The minimum Gasteiger partial charge on any atom is -0.393 e. The number of hydrogen-bond acceptors (Lipinski definition) is 3. The van der Waals surface area contributed by atoms with Crippen molar-refractivity contribution in [1.29, 1.82) is 0 Å². The van der Waals surface area contributed by atoms with Crippen molar-refractivity contribution < 1.29 is 19.7 Å². The van der Waals surface area contributed by atoms with Crippen molar-refractivity contribution in [1.82, 2.24) is 0 Å². The molecule has 0 bridgehead atoms. The van der Waals surface area contributed by atoms with E-state index in [0.717, 1.165) is 18.4 Å². The van der Waals surface area contributed by atoms with Crippen LogP contribution >= 0.6 is 0 Å². The van der Waals surface area contributed by atoms with Crippen LogP contribution in [0.15, 0.2) is 35.5 Å². The predicted octanol–water partition coefficient (Wildman–Crippen LogP) is 5.65. The molecule has 3 fully saturated rings. The lowest BCUT2D eigenvalue weighted by Crippen LogP contribution is -2.38. The van der Waals surface area contributed by atoms with E-state index >= 15 is 0 Å². The summed E-state index contributed by atoms with van der Waals surface area (Å²) in [7, 11) is 0. The fraction of sp³-hybridized carbons (Fsp3) is 0.778. The molecule has 0 aromatic heterocycles. The van der Waals surface area contributed by atoms with Gasteiger partial charge in [-0.15, -0.1) is 0 Å². The highest BCUT2D eigenvalue weighted by atomic mass is 19.1. The Bertz CT molecular complexity index is 718. The lowest BCUT2D eigenvalue weighted by molar-refractivity contribution is -0.0554. The van der Waals surface area contributed by atoms with E-state index in [4.69, 9.17) is 0 Å². The van der Waals surface area contributed by atoms with Crippen LogP contribution in [0.25, 0.3) is 0 Å². The molecular weight excluding hydrogens is 391 g/mol. The van der Waals surface area contributed by atoms with Crippen LogP contribution in [0, 0.1) is 23.2 Å². The fourth-order valence-electron chi connectivity index (χ4n) is 6.62. The number of fused-ring (bicyclic) bond motifs is 1. The Morgan fingerprint density at radius 1 is 1.26 bits per heavy atom. The first-order chi connectivity index (χ1) is 14.4. The zero-order chi connectivity index (χ0) is 23.0. The van der Waals surface area contributed by atoms with Gasteiger partial charge >= 0.3 is 0 Å². The molecule has 31 heavy (non-hydrogen) atoms. The van der Waals surface area contributed by atoms with Crippen LogP contribution in [-0.2, 0) is 0 Å². The standard InChI is InChI=1S/C27H43FO3/c1-17(8-13-25(30)26(3,4)31)22-11-12-23-19(7-6-14-27(22,23)5)9-10-20-15-21(29)16-24(28)18(20)2/h9-10,17,21-25,29-31H,2,6-8,11-16H2,1,3-5H3/t17-,21-,22-,23?,24+,25-,27-/m1/s1. The first-order valence-corrected chi connectivity index (χ1v) is 12.2. The molecule has 3 N–H and O–H groups in total. The molecule has 0 aliphatic heterocycles. The van der Waals surface area contributed by atoms with Crippen LogP contribution in [0.1, 0.15) is 85.5 Å². The molecule has 4 heteroatoms. The summed E-state index contributed by atoms with van der Waals surface area (Å²) in [6.45, 7) is 12.0. The van der Waals surface area contributed by atoms with E-state index in [-0.39, 0.29) is 11.8 Å². The van der Waals surface area contributed by atoms with Gasteiger partial charge in [0, 0.05) is 6.42 Å². The number of rotatable bonds is 6. The van der Waals surface area contributed by atoms with Crippen LogP contribution in [0.5, 0.6) is 0 Å². The second-order valence-corrected chi connectivity index (χ2v) is 11.3. The monoisotopic (exact) mass is 434 g/mol. The highest BCUT2D eigenvalue weighted by Gasteiger charge is 2.50.